The highest BCUT2D eigenvalue weighted by Crippen LogP contribution is 2.29. The maximum Gasteiger partial charge on any atom is 0.416 e. The first-order chi connectivity index (χ1) is 8.54. The maximum absolute atomic E-state index is 12.3. The Balaban J connectivity index is 2.88. The summed E-state index contributed by atoms with van der Waals surface area (Å²) in [7, 11) is 0. The molecule has 0 saturated carbocycles. The third-order valence-corrected chi connectivity index (χ3v) is 2.44. The number of amides is 1. The van der Waals surface area contributed by atoms with Crippen molar-refractivity contribution in [3.8, 4) is 0 Å². The fraction of sp³-hybridized carbons (Fsp3) is 0.333. The van der Waals surface area contributed by atoms with Crippen molar-refractivity contribution >= 4 is 11.9 Å². The minimum atomic E-state index is -4.48. The van der Waals surface area contributed by atoms with Crippen molar-refractivity contribution in [3.05, 3.63) is 35.4 Å². The summed E-state index contributed by atoms with van der Waals surface area (Å²) in [5.74, 6) is -1.99. The first-order valence-corrected chi connectivity index (χ1v) is 5.27. The molecule has 0 bridgehead atoms. The number of halogens is 3. The van der Waals surface area contributed by atoms with Crippen molar-refractivity contribution in [2.45, 2.75) is 25.6 Å². The molecular weight excluding hydrogens is 263 g/mol. The molecule has 1 aromatic rings. The zero-order chi connectivity index (χ0) is 14.8. The Labute approximate surface area is 107 Å². The van der Waals surface area contributed by atoms with E-state index in [4.69, 9.17) is 5.11 Å². The van der Waals surface area contributed by atoms with Crippen LogP contribution in [0.3, 0.4) is 0 Å². The van der Waals surface area contributed by atoms with Crippen molar-refractivity contribution in [3.63, 3.8) is 0 Å². The van der Waals surface area contributed by atoms with E-state index >= 15 is 0 Å². The highest BCUT2D eigenvalue weighted by molar-refractivity contribution is 5.97. The van der Waals surface area contributed by atoms with Crippen molar-refractivity contribution in [2.75, 3.05) is 0 Å². The number of carboxylic acid groups (broad SMARTS) is 1. The van der Waals surface area contributed by atoms with Crippen LogP contribution in [0.4, 0.5) is 13.2 Å². The summed E-state index contributed by atoms with van der Waals surface area (Å²) in [5, 5.41) is 11.0. The Kier molecular flexibility index (Phi) is 3.88. The van der Waals surface area contributed by atoms with Crippen LogP contribution in [0.25, 0.3) is 0 Å². The Bertz CT molecular complexity index is 492. The number of carboxylic acids is 1. The van der Waals surface area contributed by atoms with Gasteiger partial charge in [-0.1, -0.05) is 0 Å². The summed E-state index contributed by atoms with van der Waals surface area (Å²) >= 11 is 0. The predicted molar refractivity (Wildman–Crippen MR) is 60.6 cm³/mol. The van der Waals surface area contributed by atoms with Gasteiger partial charge in [0.05, 0.1) is 5.56 Å². The minimum Gasteiger partial charge on any atom is -0.480 e. The number of benzene rings is 1. The molecule has 0 radical (unpaired) electrons. The zero-order valence-corrected chi connectivity index (χ0v) is 10.2. The molecule has 7 heteroatoms. The molecule has 0 saturated heterocycles. The molecule has 1 rings (SSSR count). The monoisotopic (exact) mass is 275 g/mol. The molecule has 0 unspecified atom stereocenters. The van der Waals surface area contributed by atoms with Gasteiger partial charge in [0.15, 0.2) is 0 Å². The van der Waals surface area contributed by atoms with Crippen LogP contribution in [0.5, 0.6) is 0 Å². The Morgan fingerprint density at radius 1 is 1.11 bits per heavy atom. The molecule has 0 fully saturated rings. The van der Waals surface area contributed by atoms with Gasteiger partial charge in [0.25, 0.3) is 5.91 Å². The van der Waals surface area contributed by atoms with Crippen LogP contribution in [0, 0.1) is 0 Å². The first-order valence-electron chi connectivity index (χ1n) is 5.27. The second-order valence-electron chi connectivity index (χ2n) is 4.46. The van der Waals surface area contributed by atoms with Gasteiger partial charge in [0.1, 0.15) is 5.54 Å². The largest absolute Gasteiger partial charge is 0.480 e. The van der Waals surface area contributed by atoms with Crippen LogP contribution >= 0.6 is 0 Å². The highest BCUT2D eigenvalue weighted by atomic mass is 19.4. The molecule has 4 nitrogen and oxygen atoms in total. The molecule has 104 valence electrons. The smallest absolute Gasteiger partial charge is 0.416 e. The number of carbonyl (C=O) groups excluding carboxylic acids is 1. The van der Waals surface area contributed by atoms with Crippen LogP contribution in [0.1, 0.15) is 29.8 Å². The zero-order valence-electron chi connectivity index (χ0n) is 10.2. The quantitative estimate of drug-likeness (QED) is 0.889. The molecule has 0 spiro atoms. The van der Waals surface area contributed by atoms with Crippen LogP contribution in [-0.2, 0) is 11.0 Å². The van der Waals surface area contributed by atoms with Gasteiger partial charge in [-0.05, 0) is 38.1 Å². The number of aliphatic carboxylic acids is 1. The normalized spacial score (nSPS) is 12.1. The summed E-state index contributed by atoms with van der Waals surface area (Å²) < 4.78 is 37.0. The fourth-order valence-electron chi connectivity index (χ4n) is 1.22. The molecule has 19 heavy (non-hydrogen) atoms. The summed E-state index contributed by atoms with van der Waals surface area (Å²) in [4.78, 5) is 22.5. The van der Waals surface area contributed by atoms with Crippen molar-refractivity contribution in [2.24, 2.45) is 0 Å². The van der Waals surface area contributed by atoms with E-state index in [-0.39, 0.29) is 5.56 Å². The van der Waals surface area contributed by atoms with E-state index in [9.17, 15) is 22.8 Å². The minimum absolute atomic E-state index is 0.0395. The maximum atomic E-state index is 12.3. The average molecular weight is 275 g/mol. The lowest BCUT2D eigenvalue weighted by molar-refractivity contribution is -0.143. The van der Waals surface area contributed by atoms with Gasteiger partial charge in [0.2, 0.25) is 0 Å². The number of hydrogen-bond donors (Lipinski definition) is 2. The first kappa shape index (κ1) is 15.0. The summed E-state index contributed by atoms with van der Waals surface area (Å²) in [5.41, 5.74) is -2.41. The molecule has 0 aliphatic carbocycles. The van der Waals surface area contributed by atoms with Gasteiger partial charge >= 0.3 is 12.1 Å². The van der Waals surface area contributed by atoms with Gasteiger partial charge < -0.3 is 10.4 Å². The van der Waals surface area contributed by atoms with Gasteiger partial charge in [-0.2, -0.15) is 13.2 Å². The van der Waals surface area contributed by atoms with E-state index in [1.165, 1.54) is 13.8 Å². The second kappa shape index (κ2) is 4.91. The number of rotatable bonds is 3. The van der Waals surface area contributed by atoms with Crippen molar-refractivity contribution < 1.29 is 27.9 Å². The van der Waals surface area contributed by atoms with E-state index in [1.54, 1.807) is 0 Å². The lowest BCUT2D eigenvalue weighted by Crippen LogP contribution is -2.49. The molecule has 0 atom stereocenters. The van der Waals surface area contributed by atoms with E-state index < -0.39 is 29.2 Å². The molecule has 0 aliphatic heterocycles. The van der Waals surface area contributed by atoms with Crippen LogP contribution in [-0.4, -0.2) is 22.5 Å². The Morgan fingerprint density at radius 3 is 1.95 bits per heavy atom. The average Bonchev–Trinajstić information content (AvgIpc) is 2.27. The highest BCUT2D eigenvalue weighted by Gasteiger charge is 2.31. The fourth-order valence-corrected chi connectivity index (χ4v) is 1.22. The second-order valence-corrected chi connectivity index (χ2v) is 4.46. The van der Waals surface area contributed by atoms with Crippen LogP contribution in [0.15, 0.2) is 24.3 Å². The molecule has 2 N–H and O–H groups in total. The molecule has 1 amide bonds. The topological polar surface area (TPSA) is 66.4 Å². The predicted octanol–water partition coefficient (Wildman–Crippen LogP) is 2.30. The van der Waals surface area contributed by atoms with Crippen LogP contribution in [0.2, 0.25) is 0 Å². The lowest BCUT2D eigenvalue weighted by atomic mass is 10.0. The van der Waals surface area contributed by atoms with Crippen LogP contribution < -0.4 is 5.32 Å². The Morgan fingerprint density at radius 2 is 1.58 bits per heavy atom. The lowest BCUT2D eigenvalue weighted by Gasteiger charge is -2.21. The van der Waals surface area contributed by atoms with Gasteiger partial charge in [-0.25, -0.2) is 4.79 Å². The number of alkyl halides is 3. The summed E-state index contributed by atoms with van der Waals surface area (Å²) in [6.45, 7) is 2.55. The molecule has 0 aromatic heterocycles. The van der Waals surface area contributed by atoms with E-state index in [0.29, 0.717) is 0 Å². The molecular formula is C12H12F3NO3. The molecule has 0 aliphatic rings. The van der Waals surface area contributed by atoms with E-state index in [2.05, 4.69) is 5.32 Å². The number of hydrogen-bond acceptors (Lipinski definition) is 2. The van der Waals surface area contributed by atoms with E-state index in [1.807, 2.05) is 0 Å². The van der Waals surface area contributed by atoms with Gasteiger partial charge in [-0.15, -0.1) is 0 Å². The summed E-state index contributed by atoms with van der Waals surface area (Å²) in [6, 6.07) is 3.53. The SMILES string of the molecule is CC(C)(NC(=O)c1ccc(C(F)(F)F)cc1)C(=O)O. The van der Waals surface area contributed by atoms with Crippen molar-refractivity contribution in [1.29, 1.82) is 0 Å². The van der Waals surface area contributed by atoms with Gasteiger partial charge in [0, 0.05) is 5.56 Å². The van der Waals surface area contributed by atoms with Gasteiger partial charge in [-0.3, -0.25) is 4.79 Å². The number of nitrogens with one attached hydrogen (secondary N) is 1. The third-order valence-electron chi connectivity index (χ3n) is 2.44. The standard InChI is InChI=1S/C12H12F3NO3/c1-11(2,10(18)19)16-9(17)7-3-5-8(6-4-7)12(13,14)15/h3-6H,1-2H3,(H,16,17)(H,18,19). The van der Waals surface area contributed by atoms with E-state index in [0.717, 1.165) is 24.3 Å². The molecule has 0 heterocycles. The number of carbonyl (C=O) groups is 2. The molecule has 1 aromatic carbocycles. The Hall–Kier alpha value is -2.05. The third kappa shape index (κ3) is 3.70. The summed E-state index contributed by atoms with van der Waals surface area (Å²) in [6.07, 6.45) is -4.48. The van der Waals surface area contributed by atoms with Crippen molar-refractivity contribution in [1.82, 2.24) is 5.32 Å².